The van der Waals surface area contributed by atoms with Crippen LogP contribution in [0.1, 0.15) is 212 Å². The van der Waals surface area contributed by atoms with Crippen LogP contribution in [0.4, 0.5) is 4.39 Å². The van der Waals surface area contributed by atoms with E-state index < -0.39 is 0 Å². The number of benzene rings is 6. The standard InChI is InChI=1S/6C10H14.C3H8O.C2H4N4.C2H3N.C2H6O.2C2H6.CH3F/c6*1-10(2,3)9-7-5-4-6-8-9;1-2-3-4;1-2-3-5-6-4-2;1-2-3;1-3-2;3*1-2/h6*4-8H,1-3H3;4H,2-3H2,1H3;1H3,(H,3,4,5,6);1H3;1-2H3;2*1-2H3;1H3. The number of halogens is 1. The number of aliphatic hydroxyl groups is 1. The summed E-state index contributed by atoms with van der Waals surface area (Å²) in [4.78, 5) is 0. The molecule has 0 bridgehead atoms. The van der Waals surface area contributed by atoms with E-state index in [1.165, 1.54) is 40.3 Å². The van der Waals surface area contributed by atoms with E-state index in [9.17, 15) is 4.39 Å². The van der Waals surface area contributed by atoms with Crippen LogP contribution in [0.25, 0.3) is 0 Å². The summed E-state index contributed by atoms with van der Waals surface area (Å²) in [6, 6.07) is 65.1. The van der Waals surface area contributed by atoms with Crippen LogP contribution in [0, 0.1) is 18.3 Å². The van der Waals surface area contributed by atoms with Gasteiger partial charge in [-0.15, -0.1) is 10.2 Å². The molecule has 0 radical (unpaired) electrons. The number of nitriles is 1. The van der Waals surface area contributed by atoms with Gasteiger partial charge in [0.25, 0.3) is 0 Å². The lowest BCUT2D eigenvalue weighted by molar-refractivity contribution is 0.277. The lowest BCUT2D eigenvalue weighted by Crippen LogP contribution is -2.10. The smallest absolute Gasteiger partial charge is 0.171 e. The van der Waals surface area contributed by atoms with Gasteiger partial charge in [0.05, 0.1) is 13.2 Å². The fraction of sp³-hybridized carbons (Fsp3) is 0.486. The van der Waals surface area contributed by atoms with Crippen LogP contribution in [0.2, 0.25) is 0 Å². The summed E-state index contributed by atoms with van der Waals surface area (Å²) in [6.45, 7) is 53.5. The maximum atomic E-state index is 9.50. The van der Waals surface area contributed by atoms with Gasteiger partial charge in [-0.05, 0) is 79.2 Å². The zero-order chi connectivity index (χ0) is 64.9. The number of tetrazole rings is 1. The number of aliphatic hydroxyl groups excluding tert-OH is 1. The van der Waals surface area contributed by atoms with Gasteiger partial charge in [0.2, 0.25) is 0 Å². The van der Waals surface area contributed by atoms with Gasteiger partial charge in [0, 0.05) is 27.8 Å². The van der Waals surface area contributed by atoms with Crippen molar-refractivity contribution in [3.05, 3.63) is 221 Å². The molecule has 0 saturated heterocycles. The number of hydrogen-bond acceptors (Lipinski definition) is 6. The van der Waals surface area contributed by atoms with E-state index >= 15 is 0 Å². The molecular weight excluding hydrogens is 1010 g/mol. The van der Waals surface area contributed by atoms with Crippen molar-refractivity contribution in [3.63, 3.8) is 0 Å². The molecule has 7 aromatic rings. The molecule has 0 saturated carbocycles. The van der Waals surface area contributed by atoms with Crippen molar-refractivity contribution in [2.75, 3.05) is 28.0 Å². The zero-order valence-electron chi connectivity index (χ0n) is 57.3. The van der Waals surface area contributed by atoms with E-state index in [2.05, 4.69) is 332 Å². The van der Waals surface area contributed by atoms with E-state index in [-0.39, 0.29) is 0 Å². The monoisotopic (exact) mass is 1130 g/mol. The molecule has 1 aromatic heterocycles. The Kier molecular flexibility index (Phi) is 54.7. The molecule has 2 N–H and O–H groups in total. The number of aromatic nitrogens is 4. The Balaban J connectivity index is -0.000000197. The fourth-order valence-corrected chi connectivity index (χ4v) is 5.84. The number of nitrogens with one attached hydrogen (secondary N) is 1. The minimum atomic E-state index is 0.293. The highest BCUT2D eigenvalue weighted by atomic mass is 19.1. The predicted molar refractivity (Wildman–Crippen MR) is 361 cm³/mol. The van der Waals surface area contributed by atoms with Crippen LogP contribution >= 0.6 is 0 Å². The number of aryl methyl sites for hydroxylation is 1. The molecule has 0 amide bonds. The van der Waals surface area contributed by atoms with Gasteiger partial charge >= 0.3 is 0 Å². The Labute approximate surface area is 505 Å². The third-order valence-electron chi connectivity index (χ3n) is 10.5. The maximum Gasteiger partial charge on any atom is 0.171 e. The number of hydrogen-bond donors (Lipinski definition) is 2. The lowest BCUT2D eigenvalue weighted by Gasteiger charge is -2.18. The van der Waals surface area contributed by atoms with Gasteiger partial charge < -0.3 is 9.84 Å². The van der Waals surface area contributed by atoms with Crippen LogP contribution in [0.3, 0.4) is 0 Å². The first-order valence-electron chi connectivity index (χ1n) is 29.0. The molecule has 0 fully saturated rings. The highest BCUT2D eigenvalue weighted by molar-refractivity contribution is 5.26. The number of rotatable bonds is 1. The van der Waals surface area contributed by atoms with E-state index in [4.69, 9.17) is 10.4 Å². The molecule has 0 unspecified atom stereocenters. The Morgan fingerprint density at radius 2 is 0.549 bits per heavy atom. The second-order valence-corrected chi connectivity index (χ2v) is 24.0. The van der Waals surface area contributed by atoms with Crippen molar-refractivity contribution < 1.29 is 14.2 Å². The first kappa shape index (κ1) is 87.0. The van der Waals surface area contributed by atoms with Crippen molar-refractivity contribution in [1.29, 1.82) is 5.26 Å². The molecule has 460 valence electrons. The van der Waals surface area contributed by atoms with E-state index in [0.717, 1.165) is 6.42 Å². The number of methoxy groups -OCH3 is 1. The number of ether oxygens (including phenoxy) is 1. The van der Waals surface area contributed by atoms with Gasteiger partial charge in [-0.25, -0.2) is 0 Å². The first-order chi connectivity index (χ1) is 38.3. The number of aromatic amines is 1. The van der Waals surface area contributed by atoms with Gasteiger partial charge in [-0.3, -0.25) is 4.39 Å². The highest BCUT2D eigenvalue weighted by Gasteiger charge is 2.15. The Hall–Kier alpha value is -6.27. The maximum absolute atomic E-state index is 9.50. The average Bonchev–Trinajstić information content (AvgIpc) is 3.95. The summed E-state index contributed by atoms with van der Waals surface area (Å²) >= 11 is 0. The SMILES string of the molecule is CC.CC.CC#N.CC(C)(C)c1ccccc1.CC(C)(C)c1ccccc1.CC(C)(C)c1ccccc1.CC(C)(C)c1ccccc1.CC(C)(C)c1ccccc1.CC(C)(C)c1ccccc1.CCCO.CF.COC.Cc1nn[nH]n1. The first-order valence-corrected chi connectivity index (χ1v) is 29.0. The molecular formula is C74H120FN5O2. The minimum absolute atomic E-state index is 0.293. The predicted octanol–water partition coefficient (Wildman–Crippen LogP) is 21.2. The Morgan fingerprint density at radius 1 is 0.415 bits per heavy atom. The third kappa shape index (κ3) is 53.1. The summed E-state index contributed by atoms with van der Waals surface area (Å²) in [6.07, 6.45) is 0.875. The summed E-state index contributed by atoms with van der Waals surface area (Å²) < 4.78 is 13.8. The zero-order valence-corrected chi connectivity index (χ0v) is 57.3. The minimum Gasteiger partial charge on any atom is -0.396 e. The Morgan fingerprint density at radius 3 is 0.598 bits per heavy atom. The molecule has 8 heteroatoms. The molecule has 0 aliphatic carbocycles. The summed E-state index contributed by atoms with van der Waals surface area (Å²) in [5.41, 5.74) is 10.1. The Bertz CT molecular complexity index is 1980. The third-order valence-corrected chi connectivity index (χ3v) is 10.5. The lowest BCUT2D eigenvalue weighted by atomic mass is 9.87. The average molecular weight is 1130 g/mol. The van der Waals surface area contributed by atoms with Crippen molar-refractivity contribution >= 4 is 0 Å². The molecule has 82 heavy (non-hydrogen) atoms. The van der Waals surface area contributed by atoms with Crippen LogP contribution in [-0.4, -0.2) is 53.7 Å². The van der Waals surface area contributed by atoms with Crippen molar-refractivity contribution in [2.24, 2.45) is 0 Å². The van der Waals surface area contributed by atoms with Gasteiger partial charge in [-0.2, -0.15) is 10.5 Å². The molecule has 7 rings (SSSR count). The highest BCUT2D eigenvalue weighted by Crippen LogP contribution is 2.24. The van der Waals surface area contributed by atoms with Gasteiger partial charge in [0.1, 0.15) is 0 Å². The number of alkyl halides is 1. The number of H-pyrrole nitrogens is 1. The number of nitrogens with zero attached hydrogens (tertiary/aromatic N) is 4. The molecule has 7 nitrogen and oxygen atoms in total. The topological polar surface area (TPSA) is 108 Å². The molecule has 0 atom stereocenters. The normalized spacial score (nSPS) is 9.96. The van der Waals surface area contributed by atoms with Crippen LogP contribution in [-0.2, 0) is 37.2 Å². The van der Waals surface area contributed by atoms with Crippen LogP contribution in [0.15, 0.2) is 182 Å². The largest absolute Gasteiger partial charge is 0.396 e. The fourth-order valence-electron chi connectivity index (χ4n) is 5.84. The van der Waals surface area contributed by atoms with E-state index in [1.54, 1.807) is 27.2 Å². The summed E-state index contributed by atoms with van der Waals surface area (Å²) in [5, 5.41) is 27.9. The molecule has 1 heterocycles. The van der Waals surface area contributed by atoms with Crippen molar-refractivity contribution in [2.45, 2.75) is 212 Å². The van der Waals surface area contributed by atoms with Crippen LogP contribution in [0.5, 0.6) is 0 Å². The summed E-state index contributed by atoms with van der Waals surface area (Å²) in [7, 11) is 3.75. The molecule has 0 spiro atoms. The van der Waals surface area contributed by atoms with Crippen LogP contribution < -0.4 is 0 Å². The van der Waals surface area contributed by atoms with Gasteiger partial charge in [-0.1, -0.05) is 346 Å². The quantitative estimate of drug-likeness (QED) is 0.170. The van der Waals surface area contributed by atoms with Crippen molar-refractivity contribution in [3.8, 4) is 6.07 Å². The second-order valence-electron chi connectivity index (χ2n) is 24.0. The van der Waals surface area contributed by atoms with E-state index in [1.807, 2.05) is 34.6 Å². The van der Waals surface area contributed by atoms with Crippen molar-refractivity contribution in [1.82, 2.24) is 20.6 Å². The molecule has 0 aliphatic rings. The summed E-state index contributed by atoms with van der Waals surface area (Å²) in [5.74, 6) is 0.676. The second kappa shape index (κ2) is 51.6. The molecule has 0 aliphatic heterocycles. The van der Waals surface area contributed by atoms with E-state index in [0.29, 0.717) is 52.1 Å². The molecule has 6 aromatic carbocycles. The van der Waals surface area contributed by atoms with Gasteiger partial charge in [0.15, 0.2) is 5.82 Å².